The molecular weight excluding hydrogens is 261 g/mol. The number of carbonyl (C=O) groups excluding carboxylic acids is 1. The highest BCUT2D eigenvalue weighted by atomic mass is 35.5. The van der Waals surface area contributed by atoms with E-state index in [1.54, 1.807) is 0 Å². The number of amides is 1. The molecule has 0 saturated heterocycles. The maximum absolute atomic E-state index is 12.4. The maximum atomic E-state index is 12.4. The lowest BCUT2D eigenvalue weighted by molar-refractivity contribution is -0.118. The molecule has 94 valence electrons. The summed E-state index contributed by atoms with van der Waals surface area (Å²) in [5.74, 6) is -0.806. The number of hydrogen-bond acceptors (Lipinski definition) is 4. The van der Waals surface area contributed by atoms with Crippen molar-refractivity contribution in [3.8, 4) is 0 Å². The van der Waals surface area contributed by atoms with Crippen molar-refractivity contribution in [2.45, 2.75) is 12.1 Å². The smallest absolute Gasteiger partial charge is 0.276 e. The Labute approximate surface area is 107 Å². The minimum Gasteiger partial charge on any atom is -0.337 e. The third-order valence-electron chi connectivity index (χ3n) is 2.10. The van der Waals surface area contributed by atoms with Gasteiger partial charge in [-0.15, -0.1) is 0 Å². The number of alkyl halides is 2. The third kappa shape index (κ3) is 3.27. The van der Waals surface area contributed by atoms with E-state index >= 15 is 0 Å². The van der Waals surface area contributed by atoms with Crippen molar-refractivity contribution < 1.29 is 13.7 Å². The molecule has 0 fully saturated rings. The first kappa shape index (κ1) is 12.5. The lowest BCUT2D eigenvalue weighted by Crippen LogP contribution is -2.20. The number of halogens is 2. The number of nitrogens with one attached hydrogen (secondary N) is 1. The quantitative estimate of drug-likeness (QED) is 0.864. The summed E-state index contributed by atoms with van der Waals surface area (Å²) in [5, 5.41) is 5.58. The van der Waals surface area contributed by atoms with Gasteiger partial charge < -0.3 is 4.52 Å². The number of nitrogens with zero attached hydrogens (tertiary/aromatic N) is 2. The molecule has 5 nitrogen and oxygen atoms in total. The second-order valence-corrected chi connectivity index (χ2v) is 3.85. The number of hydrogen-bond donors (Lipinski definition) is 1. The van der Waals surface area contributed by atoms with Crippen molar-refractivity contribution in [1.82, 2.24) is 10.1 Å². The van der Waals surface area contributed by atoms with Gasteiger partial charge in [0.1, 0.15) is 0 Å². The Bertz CT molecular complexity index is 530. The van der Waals surface area contributed by atoms with Crippen LogP contribution in [-0.4, -0.2) is 21.7 Å². The molecule has 2 aromatic rings. The van der Waals surface area contributed by atoms with E-state index in [4.69, 9.17) is 16.1 Å². The van der Waals surface area contributed by atoms with Gasteiger partial charge in [-0.3, -0.25) is 10.1 Å². The normalized spacial score (nSPS) is 12.1. The van der Waals surface area contributed by atoms with E-state index in [1.807, 2.05) is 30.3 Å². The average Bonchev–Trinajstić information content (AvgIpc) is 2.77. The number of benzene rings is 1. The van der Waals surface area contributed by atoms with Crippen LogP contribution in [0.15, 0.2) is 34.9 Å². The number of carbonyl (C=O) groups is 1. The van der Waals surface area contributed by atoms with E-state index in [2.05, 4.69) is 15.5 Å². The van der Waals surface area contributed by atoms with E-state index in [0.717, 1.165) is 5.56 Å². The fourth-order valence-corrected chi connectivity index (χ4v) is 1.37. The predicted octanol–water partition coefficient (Wildman–Crippen LogP) is 2.13. The number of aromatic nitrogens is 2. The molecule has 1 unspecified atom stereocenters. The van der Waals surface area contributed by atoms with E-state index in [-0.39, 0.29) is 5.95 Å². The Morgan fingerprint density at radius 3 is 2.83 bits per heavy atom. The largest absolute Gasteiger partial charge is 0.337 e. The molecule has 18 heavy (non-hydrogen) atoms. The molecule has 1 aromatic heterocycles. The first-order chi connectivity index (χ1) is 8.65. The topological polar surface area (TPSA) is 68.0 Å². The molecule has 2 rings (SSSR count). The Morgan fingerprint density at radius 1 is 1.44 bits per heavy atom. The molecule has 0 radical (unpaired) electrons. The van der Waals surface area contributed by atoms with E-state index < -0.39 is 11.5 Å². The van der Waals surface area contributed by atoms with Gasteiger partial charge in [0.15, 0.2) is 0 Å². The molecule has 1 atom stereocenters. The van der Waals surface area contributed by atoms with Gasteiger partial charge in [-0.2, -0.15) is 4.98 Å². The van der Waals surface area contributed by atoms with Crippen LogP contribution < -0.4 is 5.32 Å². The first-order valence-electron chi connectivity index (χ1n) is 5.10. The first-order valence-corrected chi connectivity index (χ1v) is 5.54. The molecule has 0 aliphatic carbocycles. The summed E-state index contributed by atoms with van der Waals surface area (Å²) in [6.45, 7) is 0. The van der Waals surface area contributed by atoms with Gasteiger partial charge in [-0.05, 0) is 10.7 Å². The van der Waals surface area contributed by atoms with E-state index in [1.165, 1.54) is 0 Å². The van der Waals surface area contributed by atoms with Gasteiger partial charge in [0.25, 0.3) is 17.5 Å². The Kier molecular flexibility index (Phi) is 3.88. The molecule has 1 amide bonds. The minimum atomic E-state index is -2.14. The Balaban J connectivity index is 2.00. The van der Waals surface area contributed by atoms with Crippen molar-refractivity contribution >= 4 is 23.5 Å². The highest BCUT2D eigenvalue weighted by molar-refractivity contribution is 6.31. The second kappa shape index (κ2) is 5.59. The minimum absolute atomic E-state index is 0.103. The van der Waals surface area contributed by atoms with Gasteiger partial charge in [0, 0.05) is 0 Å². The molecule has 1 N–H and O–H groups in total. The van der Waals surface area contributed by atoms with Gasteiger partial charge in [0.05, 0.1) is 6.42 Å². The van der Waals surface area contributed by atoms with Crippen LogP contribution >= 0.6 is 11.6 Å². The van der Waals surface area contributed by atoms with Gasteiger partial charge in [-0.25, -0.2) is 4.39 Å². The van der Waals surface area contributed by atoms with Crippen LogP contribution in [0.1, 0.15) is 11.5 Å². The van der Waals surface area contributed by atoms with Crippen LogP contribution in [0.3, 0.4) is 0 Å². The van der Waals surface area contributed by atoms with Gasteiger partial charge in [-0.1, -0.05) is 41.9 Å². The predicted molar refractivity (Wildman–Crippen MR) is 62.9 cm³/mol. The second-order valence-electron chi connectivity index (χ2n) is 3.46. The highest BCUT2D eigenvalue weighted by Gasteiger charge is 2.16. The van der Waals surface area contributed by atoms with Crippen LogP contribution in [0.2, 0.25) is 0 Å². The number of rotatable bonds is 4. The molecule has 0 bridgehead atoms. The number of anilines is 1. The summed E-state index contributed by atoms with van der Waals surface area (Å²) in [6.07, 6.45) is 0.434. The van der Waals surface area contributed by atoms with Crippen LogP contribution in [-0.2, 0) is 11.2 Å². The SMILES string of the molecule is O=C(Nc1noc(Cc2ccccc2)n1)C(F)Cl. The zero-order valence-electron chi connectivity index (χ0n) is 9.14. The maximum Gasteiger partial charge on any atom is 0.276 e. The summed E-state index contributed by atoms with van der Waals surface area (Å²) in [4.78, 5) is 14.8. The van der Waals surface area contributed by atoms with E-state index in [9.17, 15) is 9.18 Å². The monoisotopic (exact) mass is 269 g/mol. The third-order valence-corrected chi connectivity index (χ3v) is 2.30. The highest BCUT2D eigenvalue weighted by Crippen LogP contribution is 2.10. The van der Waals surface area contributed by atoms with Crippen molar-refractivity contribution in [3.63, 3.8) is 0 Å². The molecular formula is C11H9ClFN3O2. The summed E-state index contributed by atoms with van der Waals surface area (Å²) in [7, 11) is 0. The molecule has 1 aromatic carbocycles. The Hall–Kier alpha value is -1.95. The lowest BCUT2D eigenvalue weighted by Gasteiger charge is -1.97. The fraction of sp³-hybridized carbons (Fsp3) is 0.182. The summed E-state index contributed by atoms with van der Waals surface area (Å²) in [6, 6.07) is 9.47. The average molecular weight is 270 g/mol. The van der Waals surface area contributed by atoms with Crippen molar-refractivity contribution in [2.24, 2.45) is 0 Å². The van der Waals surface area contributed by atoms with Gasteiger partial charge >= 0.3 is 0 Å². The van der Waals surface area contributed by atoms with E-state index in [0.29, 0.717) is 12.3 Å². The van der Waals surface area contributed by atoms with Crippen molar-refractivity contribution in [3.05, 3.63) is 41.8 Å². The fourth-order valence-electron chi connectivity index (χ4n) is 1.31. The standard InChI is InChI=1S/C11H9ClFN3O2/c12-9(13)10(17)15-11-14-8(18-16-11)6-7-4-2-1-3-5-7/h1-5,9H,6H2,(H,15,16,17). The summed E-state index contributed by atoms with van der Waals surface area (Å²) in [5.41, 5.74) is -1.15. The molecule has 0 aliphatic rings. The van der Waals surface area contributed by atoms with Gasteiger partial charge in [0.2, 0.25) is 5.89 Å². The Morgan fingerprint density at radius 2 is 2.17 bits per heavy atom. The van der Waals surface area contributed by atoms with Crippen LogP contribution in [0.4, 0.5) is 10.3 Å². The van der Waals surface area contributed by atoms with Crippen molar-refractivity contribution in [1.29, 1.82) is 0 Å². The van der Waals surface area contributed by atoms with Crippen LogP contribution in [0, 0.1) is 0 Å². The van der Waals surface area contributed by atoms with Crippen molar-refractivity contribution in [2.75, 3.05) is 5.32 Å². The molecule has 0 spiro atoms. The molecule has 0 saturated carbocycles. The van der Waals surface area contributed by atoms with Crippen LogP contribution in [0.5, 0.6) is 0 Å². The lowest BCUT2D eigenvalue weighted by atomic mass is 10.2. The van der Waals surface area contributed by atoms with Crippen LogP contribution in [0.25, 0.3) is 0 Å². The molecule has 7 heteroatoms. The molecule has 1 heterocycles. The molecule has 0 aliphatic heterocycles. The zero-order valence-corrected chi connectivity index (χ0v) is 9.89. The summed E-state index contributed by atoms with van der Waals surface area (Å²) >= 11 is 4.95. The summed E-state index contributed by atoms with van der Waals surface area (Å²) < 4.78 is 17.3. The zero-order chi connectivity index (χ0) is 13.0.